The average Bonchev–Trinajstić information content (AvgIpc) is 2.74. The first kappa shape index (κ1) is 16.5. The first-order valence-corrected chi connectivity index (χ1v) is 7.71. The van der Waals surface area contributed by atoms with E-state index in [1.807, 2.05) is 0 Å². The van der Waals surface area contributed by atoms with Crippen molar-refractivity contribution in [1.29, 1.82) is 0 Å². The normalized spacial score (nSPS) is 14.6. The highest BCUT2D eigenvalue weighted by Crippen LogP contribution is 2.32. The van der Waals surface area contributed by atoms with Crippen molar-refractivity contribution in [2.24, 2.45) is 0 Å². The molecule has 7 heteroatoms. The van der Waals surface area contributed by atoms with Crippen LogP contribution in [0.2, 0.25) is 5.02 Å². The molecule has 122 valence electrons. The van der Waals surface area contributed by atoms with E-state index in [4.69, 9.17) is 23.2 Å². The zero-order valence-electron chi connectivity index (χ0n) is 12.4. The standard InChI is InChI=1S/C17H11Cl2FN2O2/c1-9-8-10(18)2-7-13(9)22-16(23)14(19)15(17(22)24)21-12-5-3-11(20)4-6-12/h2-8,21H,1H3. The lowest BCUT2D eigenvalue weighted by Crippen LogP contribution is -2.32. The van der Waals surface area contributed by atoms with Gasteiger partial charge in [-0.05, 0) is 55.0 Å². The number of carbonyl (C=O) groups excluding carboxylic acids is 2. The largest absolute Gasteiger partial charge is 0.350 e. The van der Waals surface area contributed by atoms with E-state index in [1.54, 1.807) is 25.1 Å². The lowest BCUT2D eigenvalue weighted by molar-refractivity contribution is -0.120. The van der Waals surface area contributed by atoms with Crippen molar-refractivity contribution in [3.8, 4) is 0 Å². The quantitative estimate of drug-likeness (QED) is 0.829. The van der Waals surface area contributed by atoms with Crippen LogP contribution in [-0.2, 0) is 9.59 Å². The van der Waals surface area contributed by atoms with Gasteiger partial charge in [-0.3, -0.25) is 9.59 Å². The van der Waals surface area contributed by atoms with Crippen LogP contribution in [0.4, 0.5) is 15.8 Å². The minimum Gasteiger partial charge on any atom is -0.350 e. The lowest BCUT2D eigenvalue weighted by Gasteiger charge is -2.17. The molecular weight excluding hydrogens is 354 g/mol. The van der Waals surface area contributed by atoms with Crippen molar-refractivity contribution in [1.82, 2.24) is 0 Å². The Morgan fingerprint density at radius 3 is 2.29 bits per heavy atom. The molecule has 1 N–H and O–H groups in total. The Morgan fingerprint density at radius 2 is 1.67 bits per heavy atom. The number of halogens is 3. The number of imide groups is 1. The zero-order chi connectivity index (χ0) is 17.4. The number of anilines is 2. The van der Waals surface area contributed by atoms with Gasteiger partial charge in [-0.15, -0.1) is 0 Å². The maximum absolute atomic E-state index is 13.0. The summed E-state index contributed by atoms with van der Waals surface area (Å²) in [6.45, 7) is 1.74. The number of carbonyl (C=O) groups is 2. The first-order chi connectivity index (χ1) is 11.4. The molecule has 2 aromatic rings. The predicted molar refractivity (Wildman–Crippen MR) is 91.6 cm³/mol. The molecule has 0 radical (unpaired) electrons. The van der Waals surface area contributed by atoms with Gasteiger partial charge in [0, 0.05) is 10.7 Å². The lowest BCUT2D eigenvalue weighted by atomic mass is 10.2. The van der Waals surface area contributed by atoms with E-state index in [0.717, 1.165) is 4.90 Å². The third kappa shape index (κ3) is 2.88. The summed E-state index contributed by atoms with van der Waals surface area (Å²) >= 11 is 11.9. The van der Waals surface area contributed by atoms with Crippen molar-refractivity contribution in [2.45, 2.75) is 6.92 Å². The summed E-state index contributed by atoms with van der Waals surface area (Å²) in [5.74, 6) is -1.62. The average molecular weight is 365 g/mol. The van der Waals surface area contributed by atoms with Crippen LogP contribution in [0.15, 0.2) is 53.2 Å². The molecule has 0 fully saturated rings. The summed E-state index contributed by atoms with van der Waals surface area (Å²) in [7, 11) is 0. The summed E-state index contributed by atoms with van der Waals surface area (Å²) in [6.07, 6.45) is 0. The Labute approximate surface area is 147 Å². The third-order valence-electron chi connectivity index (χ3n) is 3.54. The van der Waals surface area contributed by atoms with Crippen LogP contribution in [-0.4, -0.2) is 11.8 Å². The molecule has 0 saturated heterocycles. The summed E-state index contributed by atoms with van der Waals surface area (Å²) in [5, 5.41) is 3.05. The van der Waals surface area contributed by atoms with Crippen molar-refractivity contribution >= 4 is 46.4 Å². The second kappa shape index (κ2) is 6.26. The SMILES string of the molecule is Cc1cc(Cl)ccc1N1C(=O)C(Cl)=C(Nc2ccc(F)cc2)C1=O. The summed E-state index contributed by atoms with van der Waals surface area (Å²) in [5.41, 5.74) is 1.46. The summed E-state index contributed by atoms with van der Waals surface area (Å²) in [4.78, 5) is 26.0. The molecule has 24 heavy (non-hydrogen) atoms. The molecule has 0 aliphatic carbocycles. The summed E-state index contributed by atoms with van der Waals surface area (Å²) < 4.78 is 13.0. The summed E-state index contributed by atoms with van der Waals surface area (Å²) in [6, 6.07) is 10.2. The van der Waals surface area contributed by atoms with Gasteiger partial charge in [0.15, 0.2) is 0 Å². The number of nitrogens with one attached hydrogen (secondary N) is 1. The van der Waals surface area contributed by atoms with Gasteiger partial charge >= 0.3 is 0 Å². The second-order valence-corrected chi connectivity index (χ2v) is 6.01. The number of hydrogen-bond donors (Lipinski definition) is 1. The molecule has 2 amide bonds. The molecule has 1 aliphatic heterocycles. The van der Waals surface area contributed by atoms with E-state index >= 15 is 0 Å². The number of aryl methyl sites for hydroxylation is 1. The molecule has 3 rings (SSSR count). The highest BCUT2D eigenvalue weighted by molar-refractivity contribution is 6.53. The Hall–Kier alpha value is -2.37. The smallest absolute Gasteiger partial charge is 0.283 e. The van der Waals surface area contributed by atoms with Crippen LogP contribution >= 0.6 is 23.2 Å². The van der Waals surface area contributed by atoms with Crippen LogP contribution in [0.5, 0.6) is 0 Å². The molecule has 0 saturated carbocycles. The van der Waals surface area contributed by atoms with Crippen LogP contribution < -0.4 is 10.2 Å². The van der Waals surface area contributed by atoms with Crippen molar-refractivity contribution in [3.05, 3.63) is 69.6 Å². The van der Waals surface area contributed by atoms with Gasteiger partial charge in [-0.1, -0.05) is 23.2 Å². The highest BCUT2D eigenvalue weighted by Gasteiger charge is 2.39. The minimum absolute atomic E-state index is 0.0531. The second-order valence-electron chi connectivity index (χ2n) is 5.20. The van der Waals surface area contributed by atoms with Crippen LogP contribution in [0, 0.1) is 12.7 Å². The van der Waals surface area contributed by atoms with Gasteiger partial charge < -0.3 is 5.32 Å². The van der Waals surface area contributed by atoms with E-state index in [0.29, 0.717) is 22.0 Å². The van der Waals surface area contributed by atoms with Crippen molar-refractivity contribution < 1.29 is 14.0 Å². The molecule has 1 heterocycles. The van der Waals surface area contributed by atoms with E-state index < -0.39 is 17.6 Å². The Kier molecular flexibility index (Phi) is 4.30. The molecule has 4 nitrogen and oxygen atoms in total. The van der Waals surface area contributed by atoms with Gasteiger partial charge in [-0.25, -0.2) is 9.29 Å². The van der Waals surface area contributed by atoms with E-state index in [2.05, 4.69) is 5.32 Å². The molecule has 0 bridgehead atoms. The third-order valence-corrected chi connectivity index (χ3v) is 4.13. The molecule has 2 aromatic carbocycles. The zero-order valence-corrected chi connectivity index (χ0v) is 14.0. The van der Waals surface area contributed by atoms with E-state index in [9.17, 15) is 14.0 Å². The van der Waals surface area contributed by atoms with Crippen LogP contribution in [0.25, 0.3) is 0 Å². The van der Waals surface area contributed by atoms with Gasteiger partial charge in [0.25, 0.3) is 11.8 Å². The van der Waals surface area contributed by atoms with Gasteiger partial charge in [0.05, 0.1) is 5.69 Å². The molecular formula is C17H11Cl2FN2O2. The van der Waals surface area contributed by atoms with E-state index in [-0.39, 0.29) is 10.7 Å². The Balaban J connectivity index is 1.94. The maximum Gasteiger partial charge on any atom is 0.283 e. The fourth-order valence-corrected chi connectivity index (χ4v) is 2.82. The van der Waals surface area contributed by atoms with Gasteiger partial charge in [-0.2, -0.15) is 0 Å². The fraction of sp³-hybridized carbons (Fsp3) is 0.0588. The minimum atomic E-state index is -0.628. The maximum atomic E-state index is 13.0. The number of hydrogen-bond acceptors (Lipinski definition) is 3. The van der Waals surface area contributed by atoms with Gasteiger partial charge in [0.1, 0.15) is 16.5 Å². The molecule has 0 aromatic heterocycles. The molecule has 0 atom stereocenters. The highest BCUT2D eigenvalue weighted by atomic mass is 35.5. The monoisotopic (exact) mass is 364 g/mol. The number of nitrogens with zero attached hydrogens (tertiary/aromatic N) is 1. The topological polar surface area (TPSA) is 49.4 Å². The van der Waals surface area contributed by atoms with E-state index in [1.165, 1.54) is 24.3 Å². The Morgan fingerprint density at radius 1 is 1.00 bits per heavy atom. The van der Waals surface area contributed by atoms with Crippen LogP contribution in [0.1, 0.15) is 5.56 Å². The first-order valence-electron chi connectivity index (χ1n) is 6.96. The van der Waals surface area contributed by atoms with Gasteiger partial charge in [0.2, 0.25) is 0 Å². The van der Waals surface area contributed by atoms with Crippen molar-refractivity contribution in [3.63, 3.8) is 0 Å². The molecule has 0 unspecified atom stereocenters. The Bertz CT molecular complexity index is 879. The van der Waals surface area contributed by atoms with Crippen molar-refractivity contribution in [2.75, 3.05) is 10.2 Å². The number of rotatable bonds is 3. The number of benzene rings is 2. The van der Waals surface area contributed by atoms with Crippen LogP contribution in [0.3, 0.4) is 0 Å². The predicted octanol–water partition coefficient (Wildman–Crippen LogP) is 4.22. The molecule has 1 aliphatic rings. The number of amides is 2. The molecule has 0 spiro atoms. The fourth-order valence-electron chi connectivity index (χ4n) is 2.38.